The Labute approximate surface area is 159 Å². The summed E-state index contributed by atoms with van der Waals surface area (Å²) in [4.78, 5) is 14.9. The van der Waals surface area contributed by atoms with Gasteiger partial charge in [0.1, 0.15) is 0 Å². The van der Waals surface area contributed by atoms with E-state index in [1.807, 2.05) is 13.8 Å². The number of carbonyl (C=O) groups excluding carboxylic acids is 1. The van der Waals surface area contributed by atoms with E-state index < -0.39 is 0 Å². The molecule has 1 saturated carbocycles. The number of aromatic nitrogens is 2. The van der Waals surface area contributed by atoms with Crippen LogP contribution in [0, 0.1) is 31.6 Å². The molecule has 26 heavy (non-hydrogen) atoms. The molecular weight excluding hydrogens is 352 g/mol. The van der Waals surface area contributed by atoms with Crippen LogP contribution < -0.4 is 5.32 Å². The Kier molecular flexibility index (Phi) is 5.06. The van der Waals surface area contributed by atoms with Crippen LogP contribution in [0.3, 0.4) is 0 Å². The Morgan fingerprint density at radius 2 is 1.77 bits per heavy atom. The molecule has 1 aromatic rings. The highest BCUT2D eigenvalue weighted by Gasteiger charge is 2.43. The van der Waals surface area contributed by atoms with Crippen molar-refractivity contribution in [1.82, 2.24) is 15.1 Å². The van der Waals surface area contributed by atoms with Gasteiger partial charge in [-0.15, -0.1) is 10.2 Å². The molecule has 4 rings (SSSR count). The maximum Gasteiger partial charge on any atom is 0.225 e. The van der Waals surface area contributed by atoms with E-state index in [-0.39, 0.29) is 5.92 Å². The van der Waals surface area contributed by atoms with E-state index in [1.165, 1.54) is 0 Å². The fraction of sp³-hybridized carbons (Fsp3) is 0.737. The van der Waals surface area contributed by atoms with Crippen molar-refractivity contribution in [2.45, 2.75) is 45.6 Å². The third-order valence-corrected chi connectivity index (χ3v) is 6.80. The summed E-state index contributed by atoms with van der Waals surface area (Å²) in [6.07, 6.45) is 3.93. The Balaban J connectivity index is 1.34. The van der Waals surface area contributed by atoms with Crippen molar-refractivity contribution in [3.05, 3.63) is 16.3 Å². The number of rotatable bonds is 3. The van der Waals surface area contributed by atoms with Gasteiger partial charge in [0.05, 0.1) is 0 Å². The lowest BCUT2D eigenvalue weighted by Crippen LogP contribution is -2.38. The number of halogens is 1. The maximum atomic E-state index is 12.7. The van der Waals surface area contributed by atoms with E-state index in [2.05, 4.69) is 20.4 Å². The van der Waals surface area contributed by atoms with Crippen LogP contribution in [-0.4, -0.2) is 53.3 Å². The van der Waals surface area contributed by atoms with E-state index >= 15 is 0 Å². The number of ether oxygens (including phenoxy) is 1. The van der Waals surface area contributed by atoms with Crippen LogP contribution in [0.15, 0.2) is 0 Å². The summed E-state index contributed by atoms with van der Waals surface area (Å²) >= 11 is 6.04. The van der Waals surface area contributed by atoms with Crippen LogP contribution in [0.1, 0.15) is 36.8 Å². The Morgan fingerprint density at radius 3 is 2.42 bits per heavy atom. The highest BCUT2D eigenvalue weighted by molar-refractivity contribution is 6.30. The van der Waals surface area contributed by atoms with Gasteiger partial charge in [-0.3, -0.25) is 4.79 Å². The topological polar surface area (TPSA) is 67.4 Å². The molecule has 2 aliphatic heterocycles. The second-order valence-electron chi connectivity index (χ2n) is 8.05. The third kappa shape index (κ3) is 3.41. The van der Waals surface area contributed by atoms with Crippen LogP contribution in [-0.2, 0) is 9.53 Å². The number of hydrogen-bond donors (Lipinski definition) is 1. The largest absolute Gasteiger partial charge is 0.381 e. The molecule has 3 fully saturated rings. The highest BCUT2D eigenvalue weighted by atomic mass is 35.5. The van der Waals surface area contributed by atoms with Crippen molar-refractivity contribution in [2.75, 3.05) is 31.6 Å². The minimum Gasteiger partial charge on any atom is -0.381 e. The van der Waals surface area contributed by atoms with Gasteiger partial charge in [-0.05, 0) is 62.5 Å². The van der Waals surface area contributed by atoms with E-state index in [0.717, 1.165) is 68.9 Å². The molecule has 1 amide bonds. The molecule has 1 aliphatic carbocycles. The molecule has 0 bridgehead atoms. The predicted octanol–water partition coefficient (Wildman–Crippen LogP) is 2.82. The molecule has 3 aliphatic rings. The number of nitrogens with zero attached hydrogens (tertiary/aromatic N) is 3. The zero-order valence-corrected chi connectivity index (χ0v) is 16.3. The van der Waals surface area contributed by atoms with Gasteiger partial charge in [0.2, 0.25) is 5.91 Å². The first-order valence-corrected chi connectivity index (χ1v) is 10.0. The van der Waals surface area contributed by atoms with Crippen LogP contribution in [0.5, 0.6) is 0 Å². The van der Waals surface area contributed by atoms with Gasteiger partial charge in [-0.1, -0.05) is 11.6 Å². The van der Waals surface area contributed by atoms with Gasteiger partial charge in [0, 0.05) is 38.3 Å². The molecule has 3 atom stereocenters. The molecule has 3 heterocycles. The molecule has 0 spiro atoms. The molecule has 1 N–H and O–H groups in total. The second-order valence-corrected chi connectivity index (χ2v) is 8.41. The average Bonchev–Trinajstić information content (AvgIpc) is 3.21. The molecule has 1 aromatic heterocycles. The minimum absolute atomic E-state index is 0.173. The fourth-order valence-corrected chi connectivity index (χ4v) is 4.89. The lowest BCUT2D eigenvalue weighted by molar-refractivity contribution is -0.137. The molecule has 7 heteroatoms. The standard InChI is InChI=1S/C19H27ClN4O2/c1-11-12(2)18(23-22-17(11)20)21-16-7-14-9-24(10-15(14)8-16)19(25)13-3-5-26-6-4-13/h13-16H,3-10H2,1-2H3,(H,21,23)/t14-,15+,16?. The molecule has 6 nitrogen and oxygen atoms in total. The number of anilines is 1. The summed E-state index contributed by atoms with van der Waals surface area (Å²) in [5, 5.41) is 12.3. The Bertz CT molecular complexity index is 678. The fourth-order valence-electron chi connectivity index (χ4n) is 4.71. The first-order valence-electron chi connectivity index (χ1n) is 9.65. The third-order valence-electron chi connectivity index (χ3n) is 6.44. The van der Waals surface area contributed by atoms with Crippen LogP contribution in [0.25, 0.3) is 0 Å². The summed E-state index contributed by atoms with van der Waals surface area (Å²) < 4.78 is 5.38. The van der Waals surface area contributed by atoms with Crippen LogP contribution in [0.2, 0.25) is 5.15 Å². The number of carbonyl (C=O) groups is 1. The minimum atomic E-state index is 0.173. The summed E-state index contributed by atoms with van der Waals surface area (Å²) in [7, 11) is 0. The molecule has 0 radical (unpaired) electrons. The van der Waals surface area contributed by atoms with Gasteiger partial charge < -0.3 is 15.0 Å². The number of amides is 1. The predicted molar refractivity (Wildman–Crippen MR) is 100 cm³/mol. The van der Waals surface area contributed by atoms with E-state index in [1.54, 1.807) is 0 Å². The lowest BCUT2D eigenvalue weighted by Gasteiger charge is -2.27. The van der Waals surface area contributed by atoms with E-state index in [0.29, 0.717) is 28.9 Å². The lowest BCUT2D eigenvalue weighted by atomic mass is 9.98. The quantitative estimate of drug-likeness (QED) is 0.875. The molecule has 1 unspecified atom stereocenters. The van der Waals surface area contributed by atoms with E-state index in [9.17, 15) is 4.79 Å². The van der Waals surface area contributed by atoms with Crippen molar-refractivity contribution < 1.29 is 9.53 Å². The van der Waals surface area contributed by atoms with Gasteiger partial charge in [-0.2, -0.15) is 0 Å². The average molecular weight is 379 g/mol. The first kappa shape index (κ1) is 18.0. The molecule has 2 saturated heterocycles. The molecular formula is C19H27ClN4O2. The molecule has 0 aromatic carbocycles. The first-order chi connectivity index (χ1) is 12.5. The zero-order valence-electron chi connectivity index (χ0n) is 15.5. The van der Waals surface area contributed by atoms with Crippen molar-refractivity contribution in [1.29, 1.82) is 0 Å². The zero-order chi connectivity index (χ0) is 18.3. The monoisotopic (exact) mass is 378 g/mol. The molecule has 142 valence electrons. The van der Waals surface area contributed by atoms with Gasteiger partial charge in [-0.25, -0.2) is 0 Å². The van der Waals surface area contributed by atoms with Crippen LogP contribution in [0.4, 0.5) is 5.82 Å². The van der Waals surface area contributed by atoms with E-state index in [4.69, 9.17) is 16.3 Å². The Hall–Kier alpha value is -1.40. The van der Waals surface area contributed by atoms with Crippen molar-refractivity contribution in [2.24, 2.45) is 17.8 Å². The maximum absolute atomic E-state index is 12.7. The number of nitrogens with one attached hydrogen (secondary N) is 1. The smallest absolute Gasteiger partial charge is 0.225 e. The summed E-state index contributed by atoms with van der Waals surface area (Å²) in [6, 6.07) is 0.402. The highest BCUT2D eigenvalue weighted by Crippen LogP contribution is 2.40. The van der Waals surface area contributed by atoms with Gasteiger partial charge in [0.15, 0.2) is 11.0 Å². The van der Waals surface area contributed by atoms with Crippen molar-refractivity contribution in [3.63, 3.8) is 0 Å². The normalized spacial score (nSPS) is 29.0. The summed E-state index contributed by atoms with van der Waals surface area (Å²) in [5.74, 6) is 2.55. The van der Waals surface area contributed by atoms with Gasteiger partial charge >= 0.3 is 0 Å². The van der Waals surface area contributed by atoms with Gasteiger partial charge in [0.25, 0.3) is 0 Å². The summed E-state index contributed by atoms with van der Waals surface area (Å²) in [5.41, 5.74) is 2.05. The Morgan fingerprint density at radius 1 is 1.12 bits per heavy atom. The number of hydrogen-bond acceptors (Lipinski definition) is 5. The van der Waals surface area contributed by atoms with Crippen molar-refractivity contribution in [3.8, 4) is 0 Å². The second kappa shape index (κ2) is 7.31. The van der Waals surface area contributed by atoms with Crippen molar-refractivity contribution >= 4 is 23.3 Å². The number of likely N-dealkylation sites (tertiary alicyclic amines) is 1. The SMILES string of the molecule is Cc1c(Cl)nnc(NC2C[C@@H]3CN(C(=O)C4CCOCC4)C[C@@H]3C2)c1C. The number of fused-ring (bicyclic) bond motifs is 1. The summed E-state index contributed by atoms with van der Waals surface area (Å²) in [6.45, 7) is 7.27. The van der Waals surface area contributed by atoms with Crippen LogP contribution >= 0.6 is 11.6 Å².